The first-order valence-corrected chi connectivity index (χ1v) is 4.80. The Kier molecular flexibility index (Phi) is 4.40. The van der Waals surface area contributed by atoms with E-state index in [4.69, 9.17) is 11.6 Å². The van der Waals surface area contributed by atoms with Crippen LogP contribution in [0.15, 0.2) is 24.3 Å². The molecule has 4 heteroatoms. The van der Waals surface area contributed by atoms with E-state index >= 15 is 0 Å². The Bertz CT molecular complexity index is 317. The van der Waals surface area contributed by atoms with Gasteiger partial charge in [0.15, 0.2) is 0 Å². The standard InChI is InChI=1S/C10H11ClFNO/c11-7-10(14)13-9-3-1-2-8(6-9)4-5-12/h1-3,6H,4-5,7H2,(H,13,14). The van der Waals surface area contributed by atoms with Crippen molar-refractivity contribution in [3.63, 3.8) is 0 Å². The molecule has 0 spiro atoms. The van der Waals surface area contributed by atoms with E-state index in [0.717, 1.165) is 5.56 Å². The molecule has 0 aliphatic carbocycles. The molecule has 0 saturated carbocycles. The van der Waals surface area contributed by atoms with E-state index < -0.39 is 6.67 Å². The SMILES string of the molecule is O=C(CCl)Nc1cccc(CCF)c1. The molecule has 76 valence electrons. The van der Waals surface area contributed by atoms with Gasteiger partial charge in [0.25, 0.3) is 0 Å². The number of hydrogen-bond donors (Lipinski definition) is 1. The summed E-state index contributed by atoms with van der Waals surface area (Å²) in [6.07, 6.45) is 0.366. The third-order valence-corrected chi connectivity index (χ3v) is 1.96. The van der Waals surface area contributed by atoms with Crippen molar-refractivity contribution < 1.29 is 9.18 Å². The van der Waals surface area contributed by atoms with Crippen molar-refractivity contribution in [3.05, 3.63) is 29.8 Å². The maximum absolute atomic E-state index is 12.0. The molecule has 0 fully saturated rings. The minimum absolute atomic E-state index is 0.0761. The summed E-state index contributed by atoms with van der Waals surface area (Å²) in [5.74, 6) is -0.336. The van der Waals surface area contributed by atoms with Crippen LogP contribution in [-0.4, -0.2) is 18.5 Å². The van der Waals surface area contributed by atoms with Gasteiger partial charge in [0.1, 0.15) is 5.88 Å². The van der Waals surface area contributed by atoms with E-state index in [1.165, 1.54) is 0 Å². The number of nitrogens with one attached hydrogen (secondary N) is 1. The summed E-state index contributed by atoms with van der Waals surface area (Å²) < 4.78 is 12.0. The molecule has 0 radical (unpaired) electrons. The second kappa shape index (κ2) is 5.60. The quantitative estimate of drug-likeness (QED) is 0.768. The highest BCUT2D eigenvalue weighted by Crippen LogP contribution is 2.11. The van der Waals surface area contributed by atoms with Gasteiger partial charge < -0.3 is 5.32 Å². The third-order valence-electron chi connectivity index (χ3n) is 1.72. The number of halogens is 2. The molecular weight excluding hydrogens is 205 g/mol. The van der Waals surface area contributed by atoms with Gasteiger partial charge in [-0.05, 0) is 17.7 Å². The van der Waals surface area contributed by atoms with Gasteiger partial charge in [0, 0.05) is 12.1 Å². The van der Waals surface area contributed by atoms with E-state index in [1.807, 2.05) is 6.07 Å². The maximum Gasteiger partial charge on any atom is 0.239 e. The molecule has 0 atom stereocenters. The average Bonchev–Trinajstić information content (AvgIpc) is 2.19. The molecule has 0 heterocycles. The summed E-state index contributed by atoms with van der Waals surface area (Å²) in [6, 6.07) is 7.07. The highest BCUT2D eigenvalue weighted by atomic mass is 35.5. The van der Waals surface area contributed by atoms with Crippen molar-refractivity contribution in [2.24, 2.45) is 0 Å². The van der Waals surface area contributed by atoms with Crippen LogP contribution in [0.5, 0.6) is 0 Å². The summed E-state index contributed by atoms with van der Waals surface area (Å²) in [6.45, 7) is -0.396. The van der Waals surface area contributed by atoms with E-state index in [9.17, 15) is 9.18 Å². The van der Waals surface area contributed by atoms with Crippen LogP contribution in [0.3, 0.4) is 0 Å². The first-order valence-electron chi connectivity index (χ1n) is 4.27. The smallest absolute Gasteiger partial charge is 0.239 e. The van der Waals surface area contributed by atoms with Crippen LogP contribution in [0.2, 0.25) is 0 Å². The van der Waals surface area contributed by atoms with Crippen LogP contribution in [0.25, 0.3) is 0 Å². The minimum Gasteiger partial charge on any atom is -0.325 e. The van der Waals surface area contributed by atoms with Crippen LogP contribution in [0, 0.1) is 0 Å². The highest BCUT2D eigenvalue weighted by molar-refractivity contribution is 6.29. The van der Waals surface area contributed by atoms with Crippen molar-refractivity contribution in [2.45, 2.75) is 6.42 Å². The molecule has 0 bridgehead atoms. The van der Waals surface area contributed by atoms with E-state index in [0.29, 0.717) is 12.1 Å². The van der Waals surface area contributed by atoms with Crippen LogP contribution >= 0.6 is 11.6 Å². The summed E-state index contributed by atoms with van der Waals surface area (Å²) in [7, 11) is 0. The lowest BCUT2D eigenvalue weighted by Gasteiger charge is -2.04. The molecule has 1 aromatic rings. The molecule has 2 nitrogen and oxygen atoms in total. The molecule has 0 unspecified atom stereocenters. The Balaban J connectivity index is 2.68. The summed E-state index contributed by atoms with van der Waals surface area (Å²) in [5, 5.41) is 2.60. The van der Waals surface area contributed by atoms with Gasteiger partial charge in [-0.25, -0.2) is 0 Å². The third kappa shape index (κ3) is 3.34. The maximum atomic E-state index is 12.0. The van der Waals surface area contributed by atoms with Gasteiger partial charge in [-0.2, -0.15) is 0 Å². The molecule has 0 saturated heterocycles. The van der Waals surface area contributed by atoms with Gasteiger partial charge in [-0.15, -0.1) is 11.6 Å². The van der Waals surface area contributed by atoms with Gasteiger partial charge in [0.05, 0.1) is 6.67 Å². The topological polar surface area (TPSA) is 29.1 Å². The predicted molar refractivity (Wildman–Crippen MR) is 55.5 cm³/mol. The van der Waals surface area contributed by atoms with Crippen LogP contribution in [0.4, 0.5) is 10.1 Å². The number of anilines is 1. The molecule has 14 heavy (non-hydrogen) atoms. The van der Waals surface area contributed by atoms with Crippen molar-refractivity contribution in [1.82, 2.24) is 0 Å². The lowest BCUT2D eigenvalue weighted by Crippen LogP contribution is -2.12. The number of hydrogen-bond acceptors (Lipinski definition) is 1. The Morgan fingerprint density at radius 2 is 2.29 bits per heavy atom. The second-order valence-corrected chi connectivity index (χ2v) is 3.09. The van der Waals surface area contributed by atoms with Crippen molar-refractivity contribution in [3.8, 4) is 0 Å². The Morgan fingerprint density at radius 3 is 2.93 bits per heavy atom. The average molecular weight is 216 g/mol. The molecule has 1 aromatic carbocycles. The van der Waals surface area contributed by atoms with Crippen LogP contribution < -0.4 is 5.32 Å². The fraction of sp³-hybridized carbons (Fsp3) is 0.300. The second-order valence-electron chi connectivity index (χ2n) is 2.82. The zero-order valence-corrected chi connectivity index (χ0v) is 8.35. The summed E-state index contributed by atoms with van der Waals surface area (Å²) >= 11 is 5.33. The lowest BCUT2D eigenvalue weighted by molar-refractivity contribution is -0.113. The largest absolute Gasteiger partial charge is 0.325 e. The zero-order valence-electron chi connectivity index (χ0n) is 7.59. The number of rotatable bonds is 4. The molecule has 0 aliphatic rings. The number of alkyl halides is 2. The van der Waals surface area contributed by atoms with Crippen LogP contribution in [0.1, 0.15) is 5.56 Å². The Labute approximate surface area is 87.1 Å². The Morgan fingerprint density at radius 1 is 1.50 bits per heavy atom. The number of amides is 1. The number of aryl methyl sites for hydroxylation is 1. The first kappa shape index (κ1) is 11.0. The monoisotopic (exact) mass is 215 g/mol. The van der Waals surface area contributed by atoms with E-state index in [2.05, 4.69) is 5.32 Å². The number of carbonyl (C=O) groups excluding carboxylic acids is 1. The van der Waals surface area contributed by atoms with Crippen LogP contribution in [-0.2, 0) is 11.2 Å². The first-order chi connectivity index (χ1) is 6.76. The van der Waals surface area contributed by atoms with Gasteiger partial charge in [0.2, 0.25) is 5.91 Å². The van der Waals surface area contributed by atoms with E-state index in [-0.39, 0.29) is 11.8 Å². The summed E-state index contributed by atoms with van der Waals surface area (Å²) in [5.41, 5.74) is 1.52. The van der Waals surface area contributed by atoms with Gasteiger partial charge in [-0.3, -0.25) is 9.18 Å². The van der Waals surface area contributed by atoms with Crippen molar-refractivity contribution >= 4 is 23.2 Å². The minimum atomic E-state index is -0.396. The molecule has 1 amide bonds. The fourth-order valence-electron chi connectivity index (χ4n) is 1.11. The van der Waals surface area contributed by atoms with Gasteiger partial charge >= 0.3 is 0 Å². The molecule has 0 aliphatic heterocycles. The Hall–Kier alpha value is -1.09. The number of carbonyl (C=O) groups is 1. The van der Waals surface area contributed by atoms with Crippen molar-refractivity contribution in [1.29, 1.82) is 0 Å². The molecule has 1 rings (SSSR count). The normalized spacial score (nSPS) is 9.86. The van der Waals surface area contributed by atoms with Crippen molar-refractivity contribution in [2.75, 3.05) is 17.9 Å². The molecule has 0 aromatic heterocycles. The molecule has 1 N–H and O–H groups in total. The van der Waals surface area contributed by atoms with E-state index in [1.54, 1.807) is 18.2 Å². The number of benzene rings is 1. The zero-order chi connectivity index (χ0) is 10.4. The summed E-state index contributed by atoms with van der Waals surface area (Å²) in [4.78, 5) is 10.9. The highest BCUT2D eigenvalue weighted by Gasteiger charge is 2.00. The van der Waals surface area contributed by atoms with Gasteiger partial charge in [-0.1, -0.05) is 12.1 Å². The fourth-order valence-corrected chi connectivity index (χ4v) is 1.17. The molecular formula is C10H11ClFNO. The lowest BCUT2D eigenvalue weighted by atomic mass is 10.1. The predicted octanol–water partition coefficient (Wildman–Crippen LogP) is 2.38.